The fraction of sp³-hybridized carbons (Fsp3) is 0.294. The summed E-state index contributed by atoms with van der Waals surface area (Å²) in [5.41, 5.74) is -0.486. The summed E-state index contributed by atoms with van der Waals surface area (Å²) in [6, 6.07) is 3.57. The first-order valence-corrected chi connectivity index (χ1v) is 8.16. The van der Waals surface area contributed by atoms with Gasteiger partial charge in [-0.1, -0.05) is 23.9 Å². The number of halogens is 1. The third-order valence-corrected chi connectivity index (χ3v) is 4.69. The number of rotatable bonds is 7. The van der Waals surface area contributed by atoms with Crippen LogP contribution in [0, 0.1) is 10.1 Å². The molecule has 0 aliphatic rings. The molecule has 0 radical (unpaired) electrons. The van der Waals surface area contributed by atoms with Gasteiger partial charge in [0, 0.05) is 6.07 Å². The maximum atomic E-state index is 14.6. The van der Waals surface area contributed by atoms with Gasteiger partial charge >= 0.3 is 11.9 Å². The van der Waals surface area contributed by atoms with E-state index < -0.39 is 33.1 Å². The molecule has 0 aromatic heterocycles. The lowest BCUT2D eigenvalue weighted by molar-refractivity contribution is -0.387. The van der Waals surface area contributed by atoms with E-state index in [0.717, 1.165) is 26.4 Å². The summed E-state index contributed by atoms with van der Waals surface area (Å²) in [6.45, 7) is 2.93. The zero-order valence-corrected chi connectivity index (χ0v) is 15.5. The minimum Gasteiger partial charge on any atom is -0.468 e. The van der Waals surface area contributed by atoms with Crippen LogP contribution in [0.5, 0.6) is 0 Å². The Morgan fingerprint density at radius 1 is 1.31 bits per heavy atom. The molecule has 1 aromatic rings. The van der Waals surface area contributed by atoms with Crippen molar-refractivity contribution in [2.24, 2.45) is 0 Å². The van der Waals surface area contributed by atoms with Crippen LogP contribution in [0.15, 0.2) is 47.1 Å². The number of nitrogens with zero attached hydrogens (tertiary/aromatic N) is 1. The van der Waals surface area contributed by atoms with E-state index in [1.54, 1.807) is 13.0 Å². The Morgan fingerprint density at radius 2 is 1.96 bits per heavy atom. The SMILES string of the molecule is C/C=C\C=C(\F)C(C)(Sc1ccc(C(=O)OC)cc1[N+](=O)[O-])C(=O)OC. The van der Waals surface area contributed by atoms with E-state index in [1.807, 2.05) is 0 Å². The quantitative estimate of drug-likeness (QED) is 0.232. The van der Waals surface area contributed by atoms with Crippen molar-refractivity contribution in [3.63, 3.8) is 0 Å². The van der Waals surface area contributed by atoms with Crippen molar-refractivity contribution in [2.45, 2.75) is 23.5 Å². The highest BCUT2D eigenvalue weighted by atomic mass is 32.2. The van der Waals surface area contributed by atoms with Crippen LogP contribution in [0.1, 0.15) is 24.2 Å². The van der Waals surface area contributed by atoms with Gasteiger partial charge in [0.05, 0.1) is 29.6 Å². The van der Waals surface area contributed by atoms with Crippen LogP contribution in [0.2, 0.25) is 0 Å². The molecule has 0 saturated heterocycles. The van der Waals surface area contributed by atoms with Crippen molar-refractivity contribution >= 4 is 29.4 Å². The third-order valence-electron chi connectivity index (χ3n) is 3.36. The maximum absolute atomic E-state index is 14.6. The summed E-state index contributed by atoms with van der Waals surface area (Å²) in [6.07, 6.45) is 4.04. The second kappa shape index (κ2) is 9.14. The second-order valence-electron chi connectivity index (χ2n) is 5.10. The molecule has 1 rings (SSSR count). The monoisotopic (exact) mass is 383 g/mol. The topological polar surface area (TPSA) is 95.7 Å². The number of esters is 2. The van der Waals surface area contributed by atoms with Gasteiger partial charge in [0.1, 0.15) is 5.83 Å². The highest BCUT2D eigenvalue weighted by Gasteiger charge is 2.42. The number of ether oxygens (including phenoxy) is 2. The molecule has 0 heterocycles. The van der Waals surface area contributed by atoms with E-state index in [9.17, 15) is 24.1 Å². The average molecular weight is 383 g/mol. The molecule has 9 heteroatoms. The van der Waals surface area contributed by atoms with Crippen LogP contribution in [0.3, 0.4) is 0 Å². The van der Waals surface area contributed by atoms with Crippen molar-refractivity contribution in [1.82, 2.24) is 0 Å². The molecule has 0 fully saturated rings. The Kier molecular flexibility index (Phi) is 7.51. The molecule has 0 aliphatic heterocycles. The van der Waals surface area contributed by atoms with Crippen LogP contribution in [0.25, 0.3) is 0 Å². The predicted molar refractivity (Wildman–Crippen MR) is 94.7 cm³/mol. The molecule has 0 aliphatic carbocycles. The molecular weight excluding hydrogens is 365 g/mol. The van der Waals surface area contributed by atoms with Crippen molar-refractivity contribution in [2.75, 3.05) is 14.2 Å². The highest BCUT2D eigenvalue weighted by Crippen LogP contribution is 2.44. The standard InChI is InChI=1S/C17H18FNO6S/c1-5-6-7-14(18)17(2,16(21)25-4)26-13-9-8-11(15(20)24-3)10-12(13)19(22)23/h5-10H,1-4H3/b6-5-,14-7+. The summed E-state index contributed by atoms with van der Waals surface area (Å²) in [7, 11) is 2.24. The lowest BCUT2D eigenvalue weighted by Crippen LogP contribution is -2.33. The molecule has 0 amide bonds. The first kappa shape index (κ1) is 21.4. The number of nitro groups is 1. The first-order chi connectivity index (χ1) is 12.2. The van der Waals surface area contributed by atoms with Gasteiger partial charge in [-0.05, 0) is 32.1 Å². The average Bonchev–Trinajstić information content (AvgIpc) is 2.64. The number of allylic oxidation sites excluding steroid dienone is 3. The van der Waals surface area contributed by atoms with Crippen LogP contribution in [-0.4, -0.2) is 35.8 Å². The number of hydrogen-bond acceptors (Lipinski definition) is 7. The van der Waals surface area contributed by atoms with E-state index in [0.29, 0.717) is 11.8 Å². The Morgan fingerprint density at radius 3 is 2.46 bits per heavy atom. The third kappa shape index (κ3) is 4.69. The van der Waals surface area contributed by atoms with E-state index >= 15 is 0 Å². The van der Waals surface area contributed by atoms with Gasteiger partial charge in [0.25, 0.3) is 5.69 Å². The number of carbonyl (C=O) groups excluding carboxylic acids is 2. The Hall–Kier alpha value is -2.68. The molecule has 140 valence electrons. The summed E-state index contributed by atoms with van der Waals surface area (Å²) in [5, 5.41) is 11.4. The minimum absolute atomic E-state index is 0.000388. The molecule has 0 bridgehead atoms. The summed E-state index contributed by atoms with van der Waals surface area (Å²) >= 11 is 0.620. The van der Waals surface area contributed by atoms with E-state index in [2.05, 4.69) is 9.47 Å². The van der Waals surface area contributed by atoms with Crippen molar-refractivity contribution in [3.8, 4) is 0 Å². The second-order valence-corrected chi connectivity index (χ2v) is 6.56. The molecule has 26 heavy (non-hydrogen) atoms. The van der Waals surface area contributed by atoms with Crippen molar-refractivity contribution in [1.29, 1.82) is 0 Å². The van der Waals surface area contributed by atoms with Gasteiger partial charge in [0.2, 0.25) is 0 Å². The number of hydrogen-bond donors (Lipinski definition) is 0. The Labute approximate surface area is 154 Å². The van der Waals surface area contributed by atoms with E-state index in [1.165, 1.54) is 25.1 Å². The summed E-state index contributed by atoms with van der Waals surface area (Å²) in [5.74, 6) is -2.49. The fourth-order valence-electron chi connectivity index (χ4n) is 1.93. The van der Waals surface area contributed by atoms with Gasteiger partial charge in [0.15, 0.2) is 4.75 Å². The maximum Gasteiger partial charge on any atom is 0.338 e. The summed E-state index contributed by atoms with van der Waals surface area (Å²) in [4.78, 5) is 34.4. The fourth-order valence-corrected chi connectivity index (χ4v) is 3.08. The van der Waals surface area contributed by atoms with Gasteiger partial charge in [-0.15, -0.1) is 0 Å². The molecular formula is C17H18FNO6S. The van der Waals surface area contributed by atoms with E-state index in [4.69, 9.17) is 0 Å². The van der Waals surface area contributed by atoms with Crippen LogP contribution in [0.4, 0.5) is 10.1 Å². The van der Waals surface area contributed by atoms with Crippen molar-refractivity contribution < 1.29 is 28.4 Å². The summed E-state index contributed by atoms with van der Waals surface area (Å²) < 4.78 is 21.9. The molecule has 7 nitrogen and oxygen atoms in total. The van der Waals surface area contributed by atoms with Gasteiger partial charge < -0.3 is 9.47 Å². The first-order valence-electron chi connectivity index (χ1n) is 7.34. The molecule has 1 aromatic carbocycles. The lowest BCUT2D eigenvalue weighted by atomic mass is 10.1. The Balaban J connectivity index is 3.45. The van der Waals surface area contributed by atoms with Gasteiger partial charge in [-0.3, -0.25) is 14.9 Å². The largest absolute Gasteiger partial charge is 0.468 e. The van der Waals surface area contributed by atoms with Crippen molar-refractivity contribution in [3.05, 3.63) is 57.9 Å². The number of benzene rings is 1. The van der Waals surface area contributed by atoms with Crippen LogP contribution in [-0.2, 0) is 14.3 Å². The zero-order valence-electron chi connectivity index (χ0n) is 14.6. The van der Waals surface area contributed by atoms with Crippen LogP contribution >= 0.6 is 11.8 Å². The predicted octanol–water partition coefficient (Wildman–Crippen LogP) is 3.83. The minimum atomic E-state index is -1.84. The smallest absolute Gasteiger partial charge is 0.338 e. The number of carbonyl (C=O) groups is 2. The molecule has 0 N–H and O–H groups in total. The normalized spacial score (nSPS) is 14.0. The molecule has 0 saturated carbocycles. The lowest BCUT2D eigenvalue weighted by Gasteiger charge is -2.24. The number of methoxy groups -OCH3 is 2. The molecule has 1 unspecified atom stereocenters. The van der Waals surface area contributed by atoms with E-state index in [-0.39, 0.29) is 10.5 Å². The van der Waals surface area contributed by atoms with Gasteiger partial charge in [-0.2, -0.15) is 0 Å². The number of thioether (sulfide) groups is 1. The zero-order chi connectivity index (χ0) is 19.9. The Bertz CT molecular complexity index is 777. The molecule has 1 atom stereocenters. The number of nitro benzene ring substituents is 1. The van der Waals surface area contributed by atoms with Gasteiger partial charge in [-0.25, -0.2) is 9.18 Å². The highest BCUT2D eigenvalue weighted by molar-refractivity contribution is 8.01. The molecule has 0 spiro atoms. The van der Waals surface area contributed by atoms with Crippen LogP contribution < -0.4 is 0 Å².